The highest BCUT2D eigenvalue weighted by molar-refractivity contribution is 5.76. The van der Waals surface area contributed by atoms with Crippen LogP contribution in [0.1, 0.15) is 47.5 Å². The summed E-state index contributed by atoms with van der Waals surface area (Å²) in [6.45, 7) is 13.0. The quantitative estimate of drug-likeness (QED) is 0.709. The van der Waals surface area contributed by atoms with Gasteiger partial charge in [-0.05, 0) is 19.3 Å². The monoisotopic (exact) mass is 270 g/mol. The first-order valence-corrected chi connectivity index (χ1v) is 7.49. The molecule has 0 aliphatic heterocycles. The van der Waals surface area contributed by atoms with Crippen LogP contribution < -0.4 is 10.6 Å². The van der Waals surface area contributed by atoms with Gasteiger partial charge in [0.05, 0.1) is 6.10 Å². The third-order valence-corrected chi connectivity index (χ3v) is 4.00. The lowest BCUT2D eigenvalue weighted by Gasteiger charge is -2.52. The topological polar surface area (TPSA) is 50.4 Å². The predicted octanol–water partition coefficient (Wildman–Crippen LogP) is 1.94. The minimum atomic E-state index is 0.139. The highest BCUT2D eigenvalue weighted by atomic mass is 16.5. The van der Waals surface area contributed by atoms with Crippen LogP contribution in [0.2, 0.25) is 0 Å². The van der Waals surface area contributed by atoms with Gasteiger partial charge in [0, 0.05) is 37.6 Å². The fourth-order valence-electron chi connectivity index (χ4n) is 2.48. The van der Waals surface area contributed by atoms with E-state index in [1.54, 1.807) is 0 Å². The zero-order valence-corrected chi connectivity index (χ0v) is 13.1. The molecule has 0 spiro atoms. The summed E-state index contributed by atoms with van der Waals surface area (Å²) in [5, 5.41) is 6.41. The van der Waals surface area contributed by atoms with Gasteiger partial charge in [-0.1, -0.05) is 27.7 Å². The zero-order valence-electron chi connectivity index (χ0n) is 13.1. The fourth-order valence-corrected chi connectivity index (χ4v) is 2.48. The summed E-state index contributed by atoms with van der Waals surface area (Å²) in [5.41, 5.74) is 0.171. The van der Waals surface area contributed by atoms with E-state index >= 15 is 0 Å². The van der Waals surface area contributed by atoms with E-state index in [1.807, 2.05) is 6.92 Å². The molecule has 112 valence electrons. The summed E-state index contributed by atoms with van der Waals surface area (Å²) in [6.07, 6.45) is 1.96. The van der Waals surface area contributed by atoms with E-state index in [4.69, 9.17) is 4.74 Å². The number of nitrogens with one attached hydrogen (secondary N) is 2. The Labute approximate surface area is 117 Å². The molecular formula is C15H30N2O2. The van der Waals surface area contributed by atoms with E-state index in [0.29, 0.717) is 24.5 Å². The van der Waals surface area contributed by atoms with Crippen LogP contribution in [0.15, 0.2) is 0 Å². The summed E-state index contributed by atoms with van der Waals surface area (Å²) in [6, 6.07) is 0.460. The van der Waals surface area contributed by atoms with Gasteiger partial charge in [0.2, 0.25) is 5.91 Å². The van der Waals surface area contributed by atoms with Crippen molar-refractivity contribution in [2.75, 3.05) is 19.7 Å². The summed E-state index contributed by atoms with van der Waals surface area (Å²) >= 11 is 0. The van der Waals surface area contributed by atoms with Gasteiger partial charge in [0.25, 0.3) is 0 Å². The van der Waals surface area contributed by atoms with Crippen molar-refractivity contribution in [1.82, 2.24) is 10.6 Å². The molecule has 0 aromatic rings. The van der Waals surface area contributed by atoms with Crippen molar-refractivity contribution in [3.63, 3.8) is 0 Å². The van der Waals surface area contributed by atoms with Gasteiger partial charge in [0.15, 0.2) is 0 Å². The normalized spacial score (nSPS) is 25.2. The Balaban J connectivity index is 2.15. The van der Waals surface area contributed by atoms with Gasteiger partial charge in [0.1, 0.15) is 0 Å². The molecule has 1 amide bonds. The van der Waals surface area contributed by atoms with Gasteiger partial charge in [-0.3, -0.25) is 4.79 Å². The van der Waals surface area contributed by atoms with Crippen LogP contribution in [0.4, 0.5) is 0 Å². The SMILES string of the molecule is CCOC1CC(NCCC(=O)NCC(C)C)C1(C)C. The molecule has 4 nitrogen and oxygen atoms in total. The lowest BCUT2D eigenvalue weighted by Crippen LogP contribution is -2.61. The van der Waals surface area contributed by atoms with Crippen molar-refractivity contribution in [2.45, 2.75) is 59.6 Å². The average Bonchev–Trinajstić information content (AvgIpc) is 2.34. The fraction of sp³-hybridized carbons (Fsp3) is 0.933. The van der Waals surface area contributed by atoms with Crippen LogP contribution in [0.3, 0.4) is 0 Å². The van der Waals surface area contributed by atoms with Gasteiger partial charge < -0.3 is 15.4 Å². The molecule has 1 rings (SSSR count). The molecule has 0 saturated heterocycles. The number of carbonyl (C=O) groups excluding carboxylic acids is 1. The number of hydrogen-bond acceptors (Lipinski definition) is 3. The van der Waals surface area contributed by atoms with Gasteiger partial charge in [-0.25, -0.2) is 0 Å². The Bertz CT molecular complexity index is 290. The lowest BCUT2D eigenvalue weighted by atomic mass is 9.64. The van der Waals surface area contributed by atoms with Gasteiger partial charge in [-0.2, -0.15) is 0 Å². The highest BCUT2D eigenvalue weighted by Gasteiger charge is 2.48. The van der Waals surface area contributed by atoms with Crippen LogP contribution in [0.5, 0.6) is 0 Å². The molecule has 19 heavy (non-hydrogen) atoms. The third kappa shape index (κ3) is 4.77. The molecule has 2 unspecified atom stereocenters. The molecule has 0 radical (unpaired) electrons. The maximum absolute atomic E-state index is 11.6. The average molecular weight is 270 g/mol. The molecule has 0 aromatic heterocycles. The second-order valence-electron chi connectivity index (χ2n) is 6.46. The first-order valence-electron chi connectivity index (χ1n) is 7.49. The largest absolute Gasteiger partial charge is 0.378 e. The first-order chi connectivity index (χ1) is 8.87. The Morgan fingerprint density at radius 1 is 1.42 bits per heavy atom. The number of carbonyl (C=O) groups is 1. The molecule has 1 aliphatic rings. The second kappa shape index (κ2) is 7.25. The predicted molar refractivity (Wildman–Crippen MR) is 78.1 cm³/mol. The minimum absolute atomic E-state index is 0.139. The molecule has 2 atom stereocenters. The van der Waals surface area contributed by atoms with Gasteiger partial charge >= 0.3 is 0 Å². The molecule has 0 bridgehead atoms. The lowest BCUT2D eigenvalue weighted by molar-refractivity contribution is -0.122. The second-order valence-corrected chi connectivity index (χ2v) is 6.46. The number of rotatable bonds is 8. The summed E-state index contributed by atoms with van der Waals surface area (Å²) in [5.74, 6) is 0.647. The van der Waals surface area contributed by atoms with E-state index in [2.05, 4.69) is 38.3 Å². The standard InChI is InChI=1S/C15H30N2O2/c1-6-19-13-9-12(15(13,4)5)16-8-7-14(18)17-10-11(2)3/h11-13,16H,6-10H2,1-5H3,(H,17,18). The molecule has 1 saturated carbocycles. The number of hydrogen-bond donors (Lipinski definition) is 2. The molecule has 4 heteroatoms. The van der Waals surface area contributed by atoms with Crippen molar-refractivity contribution >= 4 is 5.91 Å². The van der Waals surface area contributed by atoms with E-state index in [1.165, 1.54) is 0 Å². The molecule has 1 fully saturated rings. The van der Waals surface area contributed by atoms with Crippen LogP contribution in [0, 0.1) is 11.3 Å². The van der Waals surface area contributed by atoms with Crippen LogP contribution in [-0.4, -0.2) is 37.7 Å². The van der Waals surface area contributed by atoms with E-state index in [9.17, 15) is 4.79 Å². The van der Waals surface area contributed by atoms with Crippen LogP contribution in [0.25, 0.3) is 0 Å². The molecular weight excluding hydrogens is 240 g/mol. The Kier molecular flexibility index (Phi) is 6.27. The summed E-state index contributed by atoms with van der Waals surface area (Å²) in [7, 11) is 0. The maximum Gasteiger partial charge on any atom is 0.221 e. The summed E-state index contributed by atoms with van der Waals surface area (Å²) < 4.78 is 5.70. The molecule has 2 N–H and O–H groups in total. The third-order valence-electron chi connectivity index (χ3n) is 4.00. The van der Waals surface area contributed by atoms with Gasteiger partial charge in [-0.15, -0.1) is 0 Å². The van der Waals surface area contributed by atoms with E-state index in [-0.39, 0.29) is 11.3 Å². The highest BCUT2D eigenvalue weighted by Crippen LogP contribution is 2.42. The maximum atomic E-state index is 11.6. The van der Waals surface area contributed by atoms with Crippen molar-refractivity contribution in [3.8, 4) is 0 Å². The number of amides is 1. The van der Waals surface area contributed by atoms with Crippen LogP contribution >= 0.6 is 0 Å². The molecule has 1 aliphatic carbocycles. The molecule has 0 heterocycles. The Morgan fingerprint density at radius 3 is 2.63 bits per heavy atom. The van der Waals surface area contributed by atoms with Crippen molar-refractivity contribution in [3.05, 3.63) is 0 Å². The smallest absolute Gasteiger partial charge is 0.221 e. The Morgan fingerprint density at radius 2 is 2.11 bits per heavy atom. The van der Waals surface area contributed by atoms with E-state index < -0.39 is 0 Å². The van der Waals surface area contributed by atoms with Crippen molar-refractivity contribution in [2.24, 2.45) is 11.3 Å². The first kappa shape index (κ1) is 16.4. The zero-order chi connectivity index (χ0) is 14.5. The Hall–Kier alpha value is -0.610. The van der Waals surface area contributed by atoms with Crippen molar-refractivity contribution < 1.29 is 9.53 Å². The van der Waals surface area contributed by atoms with Crippen LogP contribution in [-0.2, 0) is 9.53 Å². The summed E-state index contributed by atoms with van der Waals surface area (Å²) in [4.78, 5) is 11.6. The molecule has 0 aromatic carbocycles. The van der Waals surface area contributed by atoms with E-state index in [0.717, 1.165) is 26.1 Å². The van der Waals surface area contributed by atoms with Crippen molar-refractivity contribution in [1.29, 1.82) is 0 Å². The number of ether oxygens (including phenoxy) is 1. The minimum Gasteiger partial charge on any atom is -0.378 e.